The molecular weight excluding hydrogens is 268 g/mol. The van der Waals surface area contributed by atoms with Crippen LogP contribution in [0.2, 0.25) is 0 Å². The molecule has 3 nitrogen and oxygen atoms in total. The molecule has 2 unspecified atom stereocenters. The summed E-state index contributed by atoms with van der Waals surface area (Å²) in [4.78, 5) is 4.91. The smallest absolute Gasteiger partial charge is 0.0774 e. The summed E-state index contributed by atoms with van der Waals surface area (Å²) in [5, 5.41) is 10.6. The molecule has 0 aliphatic heterocycles. The van der Waals surface area contributed by atoms with Crippen LogP contribution in [0, 0.1) is 6.92 Å². The van der Waals surface area contributed by atoms with Gasteiger partial charge in [0.15, 0.2) is 0 Å². The Morgan fingerprint density at radius 3 is 2.55 bits per heavy atom. The first-order valence-electron chi connectivity index (χ1n) is 7.70. The van der Waals surface area contributed by atoms with E-state index in [0.29, 0.717) is 0 Å². The molecule has 2 atom stereocenters. The fraction of sp³-hybridized carbons (Fsp3) is 0.750. The molecule has 1 saturated carbocycles. The Hall–Kier alpha value is -0.420. The standard InChI is InChI=1S/C16H28N2OS/c1-4-13(17)15(14-8-7-12(2)20-14)18(3)11-16(19)9-5-6-10-16/h7-8,13,15,19H,4-6,9-11,17H2,1-3H3. The van der Waals surface area contributed by atoms with E-state index >= 15 is 0 Å². The number of aliphatic hydroxyl groups is 1. The lowest BCUT2D eigenvalue weighted by Crippen LogP contribution is -2.45. The minimum atomic E-state index is -0.507. The summed E-state index contributed by atoms with van der Waals surface area (Å²) >= 11 is 1.82. The average Bonchev–Trinajstić information content (AvgIpc) is 2.99. The highest BCUT2D eigenvalue weighted by molar-refractivity contribution is 7.12. The first-order chi connectivity index (χ1) is 9.45. The Bertz CT molecular complexity index is 426. The monoisotopic (exact) mass is 296 g/mol. The number of likely N-dealkylation sites (N-methyl/N-ethyl adjacent to an activating group) is 1. The third-order valence-electron chi connectivity index (χ3n) is 4.48. The molecule has 1 aliphatic rings. The van der Waals surface area contributed by atoms with E-state index < -0.39 is 5.60 Å². The highest BCUT2D eigenvalue weighted by Crippen LogP contribution is 2.35. The maximum Gasteiger partial charge on any atom is 0.0774 e. The third-order valence-corrected chi connectivity index (χ3v) is 5.55. The summed E-state index contributed by atoms with van der Waals surface area (Å²) in [5.41, 5.74) is 5.85. The summed E-state index contributed by atoms with van der Waals surface area (Å²) in [6.45, 7) is 4.99. The van der Waals surface area contributed by atoms with Crippen LogP contribution in [0.1, 0.15) is 54.8 Å². The molecule has 0 spiro atoms. The van der Waals surface area contributed by atoms with E-state index in [4.69, 9.17) is 5.73 Å². The molecule has 1 fully saturated rings. The minimum Gasteiger partial charge on any atom is -0.389 e. The van der Waals surface area contributed by atoms with Crippen molar-refractivity contribution in [2.75, 3.05) is 13.6 Å². The van der Waals surface area contributed by atoms with Crippen LogP contribution < -0.4 is 5.73 Å². The zero-order valence-electron chi connectivity index (χ0n) is 12.9. The molecule has 1 aromatic heterocycles. The lowest BCUT2D eigenvalue weighted by Gasteiger charge is -2.36. The van der Waals surface area contributed by atoms with Crippen molar-refractivity contribution >= 4 is 11.3 Å². The van der Waals surface area contributed by atoms with E-state index in [2.05, 4.69) is 37.9 Å². The first-order valence-corrected chi connectivity index (χ1v) is 8.51. The molecule has 0 amide bonds. The zero-order valence-corrected chi connectivity index (χ0v) is 13.7. The SMILES string of the molecule is CCC(N)C(c1ccc(C)s1)N(C)CC1(O)CCCC1. The molecule has 2 rings (SSSR count). The van der Waals surface area contributed by atoms with Gasteiger partial charge in [0.25, 0.3) is 0 Å². The maximum absolute atomic E-state index is 10.6. The lowest BCUT2D eigenvalue weighted by molar-refractivity contribution is 0.00210. The van der Waals surface area contributed by atoms with Crippen LogP contribution >= 0.6 is 11.3 Å². The molecule has 0 aromatic carbocycles. The summed E-state index contributed by atoms with van der Waals surface area (Å²) in [6, 6.07) is 4.68. The van der Waals surface area contributed by atoms with Crippen molar-refractivity contribution in [3.8, 4) is 0 Å². The number of nitrogens with two attached hydrogens (primary N) is 1. The zero-order chi connectivity index (χ0) is 14.8. The van der Waals surface area contributed by atoms with Gasteiger partial charge in [0.2, 0.25) is 0 Å². The van der Waals surface area contributed by atoms with E-state index in [1.54, 1.807) is 0 Å². The van der Waals surface area contributed by atoms with Crippen molar-refractivity contribution < 1.29 is 5.11 Å². The summed E-state index contributed by atoms with van der Waals surface area (Å²) in [7, 11) is 2.10. The van der Waals surface area contributed by atoms with Gasteiger partial charge < -0.3 is 10.8 Å². The molecule has 4 heteroatoms. The molecule has 0 radical (unpaired) electrons. The topological polar surface area (TPSA) is 49.5 Å². The van der Waals surface area contributed by atoms with Gasteiger partial charge >= 0.3 is 0 Å². The predicted molar refractivity (Wildman–Crippen MR) is 86.1 cm³/mol. The molecule has 20 heavy (non-hydrogen) atoms. The Labute approximate surface area is 126 Å². The average molecular weight is 296 g/mol. The van der Waals surface area contributed by atoms with Gasteiger partial charge in [-0.3, -0.25) is 4.90 Å². The summed E-state index contributed by atoms with van der Waals surface area (Å²) in [6.07, 6.45) is 5.09. The highest BCUT2D eigenvalue weighted by atomic mass is 32.1. The number of hydrogen-bond donors (Lipinski definition) is 2. The van der Waals surface area contributed by atoms with Crippen LogP contribution in [-0.4, -0.2) is 35.2 Å². The van der Waals surface area contributed by atoms with Gasteiger partial charge in [-0.25, -0.2) is 0 Å². The van der Waals surface area contributed by atoms with E-state index in [9.17, 15) is 5.11 Å². The van der Waals surface area contributed by atoms with Crippen LogP contribution in [0.5, 0.6) is 0 Å². The maximum atomic E-state index is 10.6. The Morgan fingerprint density at radius 1 is 1.40 bits per heavy atom. The quantitative estimate of drug-likeness (QED) is 0.848. The summed E-state index contributed by atoms with van der Waals surface area (Å²) < 4.78 is 0. The fourth-order valence-corrected chi connectivity index (χ4v) is 4.46. The van der Waals surface area contributed by atoms with Crippen molar-refractivity contribution in [2.45, 2.75) is 63.6 Å². The van der Waals surface area contributed by atoms with E-state index in [0.717, 1.165) is 38.6 Å². The number of thiophene rings is 1. The van der Waals surface area contributed by atoms with Gasteiger partial charge in [0.05, 0.1) is 11.6 Å². The Balaban J connectivity index is 2.13. The molecule has 3 N–H and O–H groups in total. The Morgan fingerprint density at radius 2 is 2.05 bits per heavy atom. The minimum absolute atomic E-state index is 0.114. The number of hydrogen-bond acceptors (Lipinski definition) is 4. The number of rotatable bonds is 6. The van der Waals surface area contributed by atoms with Gasteiger partial charge in [0.1, 0.15) is 0 Å². The van der Waals surface area contributed by atoms with Crippen LogP contribution in [0.3, 0.4) is 0 Å². The van der Waals surface area contributed by atoms with Crippen molar-refractivity contribution in [3.05, 3.63) is 21.9 Å². The lowest BCUT2D eigenvalue weighted by atomic mass is 9.98. The molecule has 0 bridgehead atoms. The molecular formula is C16H28N2OS. The highest BCUT2D eigenvalue weighted by Gasteiger charge is 2.35. The number of nitrogens with zero attached hydrogens (tertiary/aromatic N) is 1. The van der Waals surface area contributed by atoms with Crippen molar-refractivity contribution in [3.63, 3.8) is 0 Å². The number of aryl methyl sites for hydroxylation is 1. The van der Waals surface area contributed by atoms with Crippen LogP contribution in [0.25, 0.3) is 0 Å². The second-order valence-electron chi connectivity index (χ2n) is 6.31. The first kappa shape index (κ1) is 16.0. The largest absolute Gasteiger partial charge is 0.389 e. The van der Waals surface area contributed by atoms with Gasteiger partial charge in [-0.1, -0.05) is 19.8 Å². The van der Waals surface area contributed by atoms with Gasteiger partial charge in [-0.2, -0.15) is 0 Å². The third kappa shape index (κ3) is 3.61. The molecule has 114 valence electrons. The van der Waals surface area contributed by atoms with E-state index in [1.807, 2.05) is 11.3 Å². The van der Waals surface area contributed by atoms with Crippen LogP contribution in [-0.2, 0) is 0 Å². The second kappa shape index (κ2) is 6.56. The van der Waals surface area contributed by atoms with Crippen LogP contribution in [0.4, 0.5) is 0 Å². The molecule has 1 aliphatic carbocycles. The second-order valence-corrected chi connectivity index (χ2v) is 7.63. The molecule has 0 saturated heterocycles. The predicted octanol–water partition coefficient (Wildman–Crippen LogP) is 3.07. The van der Waals surface area contributed by atoms with Gasteiger partial charge in [-0.15, -0.1) is 11.3 Å². The van der Waals surface area contributed by atoms with Crippen LogP contribution in [0.15, 0.2) is 12.1 Å². The van der Waals surface area contributed by atoms with Crippen molar-refractivity contribution in [1.29, 1.82) is 0 Å². The normalized spacial score (nSPS) is 21.3. The fourth-order valence-electron chi connectivity index (χ4n) is 3.34. The van der Waals surface area contributed by atoms with Gasteiger partial charge in [0, 0.05) is 22.3 Å². The van der Waals surface area contributed by atoms with Gasteiger partial charge in [-0.05, 0) is 45.4 Å². The summed E-state index contributed by atoms with van der Waals surface area (Å²) in [5.74, 6) is 0. The van der Waals surface area contributed by atoms with E-state index in [-0.39, 0.29) is 12.1 Å². The molecule has 1 aromatic rings. The molecule has 1 heterocycles. The van der Waals surface area contributed by atoms with Crippen molar-refractivity contribution in [1.82, 2.24) is 4.90 Å². The van der Waals surface area contributed by atoms with Crippen molar-refractivity contribution in [2.24, 2.45) is 5.73 Å². The van der Waals surface area contributed by atoms with E-state index in [1.165, 1.54) is 9.75 Å². The Kier molecular flexibility index (Phi) is 5.24.